The van der Waals surface area contributed by atoms with Crippen LogP contribution in [0.3, 0.4) is 0 Å². The van der Waals surface area contributed by atoms with Crippen LogP contribution in [0.5, 0.6) is 0 Å². The topological polar surface area (TPSA) is 72.9 Å². The summed E-state index contributed by atoms with van der Waals surface area (Å²) in [6, 6.07) is 1.83. The van der Waals surface area contributed by atoms with Gasteiger partial charge >= 0.3 is 0 Å². The van der Waals surface area contributed by atoms with E-state index in [0.29, 0.717) is 5.56 Å². The highest BCUT2D eigenvalue weighted by Crippen LogP contribution is 2.13. The Balaban J connectivity index is 1.75. The van der Waals surface area contributed by atoms with Gasteiger partial charge in [0.05, 0.1) is 5.56 Å². The quantitative estimate of drug-likeness (QED) is 0.762. The van der Waals surface area contributed by atoms with Crippen molar-refractivity contribution >= 4 is 17.2 Å². The molecule has 3 N–H and O–H groups in total. The van der Waals surface area contributed by atoms with Crippen molar-refractivity contribution in [1.82, 2.24) is 14.9 Å². The lowest BCUT2D eigenvalue weighted by atomic mass is 10.3. The van der Waals surface area contributed by atoms with Crippen molar-refractivity contribution in [3.8, 4) is 0 Å². The van der Waals surface area contributed by atoms with Gasteiger partial charge < -0.3 is 15.6 Å². The molecular weight excluding hydrogens is 248 g/mol. The monoisotopic (exact) mass is 264 g/mol. The van der Waals surface area contributed by atoms with Gasteiger partial charge in [-0.15, -0.1) is 11.3 Å². The molecule has 2 aromatic rings. The van der Waals surface area contributed by atoms with E-state index >= 15 is 0 Å². The van der Waals surface area contributed by atoms with Crippen molar-refractivity contribution in [2.24, 2.45) is 12.8 Å². The summed E-state index contributed by atoms with van der Waals surface area (Å²) in [6.07, 6.45) is 4.62. The summed E-state index contributed by atoms with van der Waals surface area (Å²) in [6.45, 7) is 1.61. The number of carbonyl (C=O) groups is 1. The van der Waals surface area contributed by atoms with Crippen molar-refractivity contribution in [2.75, 3.05) is 6.54 Å². The fourth-order valence-corrected chi connectivity index (χ4v) is 2.49. The molecule has 2 rings (SSSR count). The number of nitrogens with two attached hydrogens (primary N) is 1. The molecule has 0 radical (unpaired) electrons. The van der Waals surface area contributed by atoms with Gasteiger partial charge in [-0.2, -0.15) is 0 Å². The average molecular weight is 264 g/mol. The summed E-state index contributed by atoms with van der Waals surface area (Å²) in [7, 11) is 1.99. The molecular formula is C12H16N4OS. The third-order valence-electron chi connectivity index (χ3n) is 2.68. The first-order valence-corrected chi connectivity index (χ1v) is 6.59. The standard InChI is InChI=1S/C12H16N4OS/c1-16-5-4-15-11(16)2-3-14-7-10-6-9(8-18-10)12(13)17/h4-6,8,14H,2-3,7H2,1H3,(H2,13,17). The highest BCUT2D eigenvalue weighted by Gasteiger charge is 2.04. The molecule has 2 heterocycles. The summed E-state index contributed by atoms with van der Waals surface area (Å²) in [5.41, 5.74) is 5.78. The molecule has 1 amide bonds. The van der Waals surface area contributed by atoms with Crippen molar-refractivity contribution in [1.29, 1.82) is 0 Å². The number of aryl methyl sites for hydroxylation is 1. The SMILES string of the molecule is Cn1ccnc1CCNCc1cc(C(N)=O)cs1. The first kappa shape index (κ1) is 12.8. The summed E-state index contributed by atoms with van der Waals surface area (Å²) < 4.78 is 2.01. The number of nitrogens with zero attached hydrogens (tertiary/aromatic N) is 2. The second-order valence-electron chi connectivity index (χ2n) is 4.05. The van der Waals surface area contributed by atoms with Crippen LogP contribution in [-0.4, -0.2) is 22.0 Å². The third kappa shape index (κ3) is 3.18. The predicted molar refractivity (Wildman–Crippen MR) is 71.5 cm³/mol. The van der Waals surface area contributed by atoms with Crippen LogP contribution in [0.4, 0.5) is 0 Å². The Labute approximate surface area is 110 Å². The van der Waals surface area contributed by atoms with E-state index in [-0.39, 0.29) is 5.91 Å². The Bertz CT molecular complexity index is 532. The smallest absolute Gasteiger partial charge is 0.249 e. The lowest BCUT2D eigenvalue weighted by molar-refractivity contribution is 0.100. The fourth-order valence-electron chi connectivity index (χ4n) is 1.65. The van der Waals surface area contributed by atoms with E-state index in [0.717, 1.165) is 30.2 Å². The van der Waals surface area contributed by atoms with Gasteiger partial charge in [0.1, 0.15) is 5.82 Å². The van der Waals surface area contributed by atoms with Gasteiger partial charge in [-0.3, -0.25) is 4.79 Å². The molecule has 0 aliphatic rings. The maximum Gasteiger partial charge on any atom is 0.249 e. The Kier molecular flexibility index (Phi) is 4.11. The van der Waals surface area contributed by atoms with Crippen molar-refractivity contribution < 1.29 is 4.79 Å². The molecule has 0 aliphatic heterocycles. The van der Waals surface area contributed by atoms with E-state index in [9.17, 15) is 4.79 Å². The molecule has 5 nitrogen and oxygen atoms in total. The predicted octanol–water partition coefficient (Wildman–Crippen LogP) is 0.913. The number of primary amides is 1. The fraction of sp³-hybridized carbons (Fsp3) is 0.333. The number of aromatic nitrogens is 2. The minimum atomic E-state index is -0.370. The maximum absolute atomic E-state index is 10.9. The molecule has 6 heteroatoms. The second-order valence-corrected chi connectivity index (χ2v) is 5.04. The van der Waals surface area contributed by atoms with Gasteiger partial charge in [0.25, 0.3) is 0 Å². The molecule has 0 spiro atoms. The molecule has 0 atom stereocenters. The van der Waals surface area contributed by atoms with Crippen molar-refractivity contribution in [3.05, 3.63) is 40.1 Å². The van der Waals surface area contributed by atoms with Crippen LogP contribution in [-0.2, 0) is 20.0 Å². The zero-order valence-corrected chi connectivity index (χ0v) is 11.0. The van der Waals surface area contributed by atoms with Gasteiger partial charge in [-0.25, -0.2) is 4.98 Å². The van der Waals surface area contributed by atoms with Crippen LogP contribution in [0.1, 0.15) is 21.1 Å². The van der Waals surface area contributed by atoms with E-state index in [4.69, 9.17) is 5.73 Å². The van der Waals surface area contributed by atoms with Gasteiger partial charge in [-0.05, 0) is 6.07 Å². The molecule has 96 valence electrons. The van der Waals surface area contributed by atoms with Crippen LogP contribution in [0.15, 0.2) is 23.8 Å². The molecule has 0 aromatic carbocycles. The van der Waals surface area contributed by atoms with E-state index in [1.165, 1.54) is 0 Å². The molecule has 0 saturated heterocycles. The van der Waals surface area contributed by atoms with E-state index in [1.54, 1.807) is 22.9 Å². The summed E-state index contributed by atoms with van der Waals surface area (Å²) in [4.78, 5) is 16.3. The lowest BCUT2D eigenvalue weighted by Crippen LogP contribution is -2.17. The average Bonchev–Trinajstić information content (AvgIpc) is 2.94. The normalized spacial score (nSPS) is 10.7. The second kappa shape index (κ2) is 5.79. The summed E-state index contributed by atoms with van der Waals surface area (Å²) in [5.74, 6) is 0.692. The number of nitrogens with one attached hydrogen (secondary N) is 1. The van der Waals surface area contributed by atoms with Gasteiger partial charge in [0.15, 0.2) is 0 Å². The zero-order chi connectivity index (χ0) is 13.0. The molecule has 2 aromatic heterocycles. The van der Waals surface area contributed by atoms with Crippen LogP contribution in [0.2, 0.25) is 0 Å². The first-order chi connectivity index (χ1) is 8.66. The van der Waals surface area contributed by atoms with Crippen molar-refractivity contribution in [2.45, 2.75) is 13.0 Å². The van der Waals surface area contributed by atoms with Crippen LogP contribution < -0.4 is 11.1 Å². The molecule has 0 bridgehead atoms. The Hall–Kier alpha value is -1.66. The largest absolute Gasteiger partial charge is 0.366 e. The van der Waals surface area contributed by atoms with Gasteiger partial charge in [0.2, 0.25) is 5.91 Å². The Morgan fingerprint density at radius 2 is 2.44 bits per heavy atom. The molecule has 0 fully saturated rings. The Morgan fingerprint density at radius 1 is 1.61 bits per heavy atom. The molecule has 0 unspecified atom stereocenters. The van der Waals surface area contributed by atoms with Gasteiger partial charge in [-0.1, -0.05) is 0 Å². The highest BCUT2D eigenvalue weighted by atomic mass is 32.1. The minimum Gasteiger partial charge on any atom is -0.366 e. The van der Waals surface area contributed by atoms with Crippen LogP contribution >= 0.6 is 11.3 Å². The molecule has 18 heavy (non-hydrogen) atoms. The number of rotatable bonds is 6. The molecule has 0 aliphatic carbocycles. The lowest BCUT2D eigenvalue weighted by Gasteiger charge is -2.03. The minimum absolute atomic E-state index is 0.370. The number of imidazole rings is 1. The van der Waals surface area contributed by atoms with Crippen molar-refractivity contribution in [3.63, 3.8) is 0 Å². The maximum atomic E-state index is 10.9. The first-order valence-electron chi connectivity index (χ1n) is 5.71. The summed E-state index contributed by atoms with van der Waals surface area (Å²) >= 11 is 1.54. The number of hydrogen-bond donors (Lipinski definition) is 2. The van der Waals surface area contributed by atoms with Gasteiger partial charge in [0, 0.05) is 49.2 Å². The van der Waals surface area contributed by atoms with Crippen LogP contribution in [0, 0.1) is 0 Å². The third-order valence-corrected chi connectivity index (χ3v) is 3.62. The van der Waals surface area contributed by atoms with E-state index < -0.39 is 0 Å². The zero-order valence-electron chi connectivity index (χ0n) is 10.2. The number of amides is 1. The van der Waals surface area contributed by atoms with Crippen LogP contribution in [0.25, 0.3) is 0 Å². The van der Waals surface area contributed by atoms with E-state index in [2.05, 4.69) is 10.3 Å². The van der Waals surface area contributed by atoms with E-state index in [1.807, 2.05) is 23.9 Å². The summed E-state index contributed by atoms with van der Waals surface area (Å²) in [5, 5.41) is 5.11. The number of carbonyl (C=O) groups excluding carboxylic acids is 1. The highest BCUT2D eigenvalue weighted by molar-refractivity contribution is 7.10. The number of hydrogen-bond acceptors (Lipinski definition) is 4. The Morgan fingerprint density at radius 3 is 3.06 bits per heavy atom. The molecule has 0 saturated carbocycles. The number of thiophene rings is 1.